The van der Waals surface area contributed by atoms with Gasteiger partial charge in [-0.1, -0.05) is 19.1 Å². The van der Waals surface area contributed by atoms with E-state index in [4.69, 9.17) is 0 Å². The first-order valence-electron chi connectivity index (χ1n) is 7.08. The standard InChI is InChI=1S/C17H23N3/c1-5-18-11-15-6-7-17(19-12-15)20(4)16-9-13(2)8-14(3)10-16/h6-10,12,18H,5,11H2,1-4H3. The molecule has 2 aromatic rings. The summed E-state index contributed by atoms with van der Waals surface area (Å²) in [6.45, 7) is 8.20. The SMILES string of the molecule is CCNCc1ccc(N(C)c2cc(C)cc(C)c2)nc1. The third kappa shape index (κ3) is 3.58. The predicted octanol–water partition coefficient (Wildman–Crippen LogP) is 3.58. The quantitative estimate of drug-likeness (QED) is 0.899. The molecule has 0 amide bonds. The zero-order chi connectivity index (χ0) is 14.5. The number of benzene rings is 1. The monoisotopic (exact) mass is 269 g/mol. The predicted molar refractivity (Wildman–Crippen MR) is 85.6 cm³/mol. The van der Waals surface area contributed by atoms with Crippen LogP contribution >= 0.6 is 0 Å². The molecule has 0 unspecified atom stereocenters. The van der Waals surface area contributed by atoms with Gasteiger partial charge in [0.2, 0.25) is 0 Å². The summed E-state index contributed by atoms with van der Waals surface area (Å²) in [6, 6.07) is 10.8. The van der Waals surface area contributed by atoms with E-state index in [2.05, 4.69) is 73.4 Å². The zero-order valence-electron chi connectivity index (χ0n) is 12.8. The number of rotatable bonds is 5. The van der Waals surface area contributed by atoms with Crippen molar-refractivity contribution in [3.8, 4) is 0 Å². The third-order valence-corrected chi connectivity index (χ3v) is 3.33. The topological polar surface area (TPSA) is 28.2 Å². The maximum atomic E-state index is 4.55. The summed E-state index contributed by atoms with van der Waals surface area (Å²) < 4.78 is 0. The number of aromatic nitrogens is 1. The van der Waals surface area contributed by atoms with E-state index in [9.17, 15) is 0 Å². The number of aryl methyl sites for hydroxylation is 2. The van der Waals surface area contributed by atoms with E-state index in [1.807, 2.05) is 6.20 Å². The molecule has 0 saturated carbocycles. The van der Waals surface area contributed by atoms with E-state index in [0.717, 1.165) is 18.9 Å². The lowest BCUT2D eigenvalue weighted by molar-refractivity contribution is 0.724. The highest BCUT2D eigenvalue weighted by atomic mass is 15.2. The molecule has 0 bridgehead atoms. The van der Waals surface area contributed by atoms with Crippen LogP contribution in [0, 0.1) is 13.8 Å². The van der Waals surface area contributed by atoms with Crippen LogP contribution in [0.2, 0.25) is 0 Å². The van der Waals surface area contributed by atoms with Crippen LogP contribution in [0.15, 0.2) is 36.5 Å². The van der Waals surface area contributed by atoms with Gasteiger partial charge in [-0.15, -0.1) is 0 Å². The van der Waals surface area contributed by atoms with E-state index >= 15 is 0 Å². The van der Waals surface area contributed by atoms with E-state index in [0.29, 0.717) is 0 Å². The van der Waals surface area contributed by atoms with Gasteiger partial charge >= 0.3 is 0 Å². The minimum atomic E-state index is 0.872. The van der Waals surface area contributed by atoms with Crippen molar-refractivity contribution in [1.82, 2.24) is 10.3 Å². The van der Waals surface area contributed by atoms with Crippen LogP contribution in [0.25, 0.3) is 0 Å². The maximum Gasteiger partial charge on any atom is 0.132 e. The largest absolute Gasteiger partial charge is 0.329 e. The second kappa shape index (κ2) is 6.53. The summed E-state index contributed by atoms with van der Waals surface area (Å²) in [5.41, 5.74) is 4.94. The van der Waals surface area contributed by atoms with Crippen LogP contribution in [0.1, 0.15) is 23.6 Å². The number of nitrogens with one attached hydrogen (secondary N) is 1. The van der Waals surface area contributed by atoms with E-state index in [1.165, 1.54) is 22.4 Å². The fourth-order valence-electron chi connectivity index (χ4n) is 2.27. The van der Waals surface area contributed by atoms with Crippen molar-refractivity contribution in [1.29, 1.82) is 0 Å². The van der Waals surface area contributed by atoms with Crippen LogP contribution in [-0.2, 0) is 6.54 Å². The molecule has 3 heteroatoms. The van der Waals surface area contributed by atoms with Gasteiger partial charge in [0.25, 0.3) is 0 Å². The van der Waals surface area contributed by atoms with Gasteiger partial charge in [0.15, 0.2) is 0 Å². The summed E-state index contributed by atoms with van der Waals surface area (Å²) >= 11 is 0. The summed E-state index contributed by atoms with van der Waals surface area (Å²) in [7, 11) is 2.06. The number of hydrogen-bond acceptors (Lipinski definition) is 3. The highest BCUT2D eigenvalue weighted by Crippen LogP contribution is 2.24. The fraction of sp³-hybridized carbons (Fsp3) is 0.353. The average molecular weight is 269 g/mol. The molecule has 0 fully saturated rings. The molecule has 0 spiro atoms. The van der Waals surface area contributed by atoms with Gasteiger partial charge in [-0.2, -0.15) is 0 Å². The molecule has 0 aliphatic rings. The molecule has 0 atom stereocenters. The second-order valence-electron chi connectivity index (χ2n) is 5.21. The first-order valence-corrected chi connectivity index (χ1v) is 7.08. The van der Waals surface area contributed by atoms with E-state index in [1.54, 1.807) is 0 Å². The second-order valence-corrected chi connectivity index (χ2v) is 5.21. The van der Waals surface area contributed by atoms with Crippen molar-refractivity contribution in [2.45, 2.75) is 27.3 Å². The lowest BCUT2D eigenvalue weighted by Crippen LogP contribution is -2.14. The van der Waals surface area contributed by atoms with Crippen LogP contribution in [0.4, 0.5) is 11.5 Å². The first-order chi connectivity index (χ1) is 9.60. The summed E-state index contributed by atoms with van der Waals surface area (Å²) in [5.74, 6) is 0.968. The van der Waals surface area contributed by atoms with E-state index in [-0.39, 0.29) is 0 Å². The fourth-order valence-corrected chi connectivity index (χ4v) is 2.27. The number of anilines is 2. The Hall–Kier alpha value is -1.87. The molecule has 20 heavy (non-hydrogen) atoms. The van der Waals surface area contributed by atoms with Crippen LogP contribution in [0.3, 0.4) is 0 Å². The first kappa shape index (κ1) is 14.5. The Morgan fingerprint density at radius 2 is 1.80 bits per heavy atom. The van der Waals surface area contributed by atoms with Crippen molar-refractivity contribution in [2.24, 2.45) is 0 Å². The Morgan fingerprint density at radius 1 is 1.10 bits per heavy atom. The van der Waals surface area contributed by atoms with Gasteiger partial charge in [-0.3, -0.25) is 0 Å². The van der Waals surface area contributed by atoms with Gasteiger partial charge in [-0.25, -0.2) is 4.98 Å². The molecule has 0 aliphatic heterocycles. The third-order valence-electron chi connectivity index (χ3n) is 3.33. The molecule has 0 radical (unpaired) electrons. The highest BCUT2D eigenvalue weighted by molar-refractivity contribution is 5.61. The van der Waals surface area contributed by atoms with Gasteiger partial charge in [-0.05, 0) is 55.3 Å². The van der Waals surface area contributed by atoms with Crippen molar-refractivity contribution < 1.29 is 0 Å². The minimum Gasteiger partial charge on any atom is -0.329 e. The van der Waals surface area contributed by atoms with Gasteiger partial charge in [0.1, 0.15) is 5.82 Å². The molecule has 0 aliphatic carbocycles. The van der Waals surface area contributed by atoms with Crippen molar-refractivity contribution in [2.75, 3.05) is 18.5 Å². The number of pyridine rings is 1. The molecule has 2 rings (SSSR count). The lowest BCUT2D eigenvalue weighted by Gasteiger charge is -2.19. The van der Waals surface area contributed by atoms with Crippen LogP contribution in [-0.4, -0.2) is 18.6 Å². The van der Waals surface area contributed by atoms with Gasteiger partial charge in [0, 0.05) is 25.5 Å². The zero-order valence-corrected chi connectivity index (χ0v) is 12.8. The average Bonchev–Trinajstić information content (AvgIpc) is 2.44. The lowest BCUT2D eigenvalue weighted by atomic mass is 10.1. The molecule has 1 aromatic heterocycles. The molecular weight excluding hydrogens is 246 g/mol. The Morgan fingerprint density at radius 3 is 2.35 bits per heavy atom. The van der Waals surface area contributed by atoms with Gasteiger partial charge < -0.3 is 10.2 Å². The van der Waals surface area contributed by atoms with Crippen LogP contribution in [0.5, 0.6) is 0 Å². The normalized spacial score (nSPS) is 10.6. The Labute approximate surface area is 121 Å². The van der Waals surface area contributed by atoms with Crippen molar-refractivity contribution in [3.05, 3.63) is 53.2 Å². The van der Waals surface area contributed by atoms with Crippen molar-refractivity contribution >= 4 is 11.5 Å². The summed E-state index contributed by atoms with van der Waals surface area (Å²) in [5, 5.41) is 3.31. The smallest absolute Gasteiger partial charge is 0.132 e. The maximum absolute atomic E-state index is 4.55. The molecule has 1 heterocycles. The minimum absolute atomic E-state index is 0.872. The molecule has 0 saturated heterocycles. The van der Waals surface area contributed by atoms with E-state index < -0.39 is 0 Å². The Balaban J connectivity index is 2.17. The Kier molecular flexibility index (Phi) is 4.74. The number of hydrogen-bond donors (Lipinski definition) is 1. The Bertz CT molecular complexity index is 541. The van der Waals surface area contributed by atoms with Crippen LogP contribution < -0.4 is 10.2 Å². The molecule has 1 aromatic carbocycles. The molecule has 3 nitrogen and oxygen atoms in total. The summed E-state index contributed by atoms with van der Waals surface area (Å²) in [6.07, 6.45) is 1.94. The van der Waals surface area contributed by atoms with Crippen molar-refractivity contribution in [3.63, 3.8) is 0 Å². The molecular formula is C17H23N3. The molecule has 1 N–H and O–H groups in total. The van der Waals surface area contributed by atoms with Gasteiger partial charge in [0.05, 0.1) is 0 Å². The summed E-state index contributed by atoms with van der Waals surface area (Å²) in [4.78, 5) is 6.68. The highest BCUT2D eigenvalue weighted by Gasteiger charge is 2.06. The molecule has 106 valence electrons. The number of nitrogens with zero attached hydrogens (tertiary/aromatic N) is 2.